The molecule has 4 nitrogen and oxygen atoms in total. The summed E-state index contributed by atoms with van der Waals surface area (Å²) in [4.78, 5) is 11.2. The molecule has 0 aromatic heterocycles. The van der Waals surface area contributed by atoms with Gasteiger partial charge in [-0.1, -0.05) is 36.4 Å². The predicted molar refractivity (Wildman–Crippen MR) is 77.7 cm³/mol. The van der Waals surface area contributed by atoms with Crippen molar-refractivity contribution in [3.8, 4) is 11.5 Å². The van der Waals surface area contributed by atoms with Crippen LogP contribution in [0.2, 0.25) is 0 Å². The van der Waals surface area contributed by atoms with Crippen LogP contribution >= 0.6 is 0 Å². The van der Waals surface area contributed by atoms with Crippen molar-refractivity contribution < 1.29 is 19.4 Å². The first-order valence-electron chi connectivity index (χ1n) is 6.87. The predicted octanol–water partition coefficient (Wildman–Crippen LogP) is 3.22. The number of fused-ring (bicyclic) bond motifs is 1. The van der Waals surface area contributed by atoms with Gasteiger partial charge in [0.05, 0.1) is 6.42 Å². The van der Waals surface area contributed by atoms with Crippen LogP contribution in [0.3, 0.4) is 0 Å². The van der Waals surface area contributed by atoms with Gasteiger partial charge in [-0.2, -0.15) is 0 Å². The van der Waals surface area contributed by atoms with Crippen LogP contribution in [0.1, 0.15) is 23.5 Å². The maximum absolute atomic E-state index is 11.2. The Bertz CT molecular complexity index is 636. The topological polar surface area (TPSA) is 55.8 Å². The van der Waals surface area contributed by atoms with Crippen LogP contribution in [-0.4, -0.2) is 17.9 Å². The first kappa shape index (κ1) is 13.5. The van der Waals surface area contributed by atoms with Crippen LogP contribution in [0.15, 0.2) is 48.5 Å². The van der Waals surface area contributed by atoms with Crippen LogP contribution in [0.5, 0.6) is 11.5 Å². The van der Waals surface area contributed by atoms with E-state index in [-0.39, 0.29) is 19.1 Å². The number of hydrogen-bond donors (Lipinski definition) is 1. The van der Waals surface area contributed by atoms with Crippen molar-refractivity contribution in [1.29, 1.82) is 0 Å². The molecular weight excluding hydrogens is 268 g/mol. The van der Waals surface area contributed by atoms with E-state index in [9.17, 15) is 4.79 Å². The molecule has 1 N–H and O–H groups in total. The minimum atomic E-state index is -0.798. The highest BCUT2D eigenvalue weighted by molar-refractivity contribution is 5.68. The van der Waals surface area contributed by atoms with Gasteiger partial charge in [0, 0.05) is 0 Å². The van der Waals surface area contributed by atoms with Gasteiger partial charge in [0.25, 0.3) is 0 Å². The Morgan fingerprint density at radius 1 is 1.10 bits per heavy atom. The van der Waals surface area contributed by atoms with Crippen LogP contribution in [0.4, 0.5) is 0 Å². The molecule has 3 rings (SSSR count). The average molecular weight is 284 g/mol. The minimum absolute atomic E-state index is 0.0839. The molecule has 0 saturated heterocycles. The first-order valence-corrected chi connectivity index (χ1v) is 6.87. The standard InChI is InChI=1S/C17H16O4/c18-17(19)10-14(8-12-4-2-1-3-5-12)13-6-7-15-16(9-13)21-11-20-15/h1-7,9,14H,8,10-11H2,(H,18,19)/t14-/m1/s1. The molecule has 1 aliphatic heterocycles. The van der Waals surface area contributed by atoms with Gasteiger partial charge in [0.2, 0.25) is 6.79 Å². The van der Waals surface area contributed by atoms with Gasteiger partial charge < -0.3 is 14.6 Å². The highest BCUT2D eigenvalue weighted by Gasteiger charge is 2.20. The lowest BCUT2D eigenvalue weighted by atomic mass is 9.89. The Balaban J connectivity index is 1.86. The number of aliphatic carboxylic acids is 1. The maximum Gasteiger partial charge on any atom is 0.303 e. The van der Waals surface area contributed by atoms with E-state index in [1.807, 2.05) is 48.5 Å². The largest absolute Gasteiger partial charge is 0.481 e. The normalized spacial score (nSPS) is 13.9. The zero-order chi connectivity index (χ0) is 14.7. The summed E-state index contributed by atoms with van der Waals surface area (Å²) in [6.45, 7) is 0.223. The van der Waals surface area contributed by atoms with Crippen molar-refractivity contribution in [3.63, 3.8) is 0 Å². The summed E-state index contributed by atoms with van der Waals surface area (Å²) in [5.41, 5.74) is 2.09. The molecule has 2 aromatic rings. The number of carbonyl (C=O) groups is 1. The third kappa shape index (κ3) is 3.16. The Kier molecular flexibility index (Phi) is 3.77. The number of carboxylic acid groups (broad SMARTS) is 1. The zero-order valence-electron chi connectivity index (χ0n) is 11.5. The van der Waals surface area contributed by atoms with E-state index >= 15 is 0 Å². The molecule has 0 saturated carbocycles. The van der Waals surface area contributed by atoms with Crippen molar-refractivity contribution in [2.24, 2.45) is 0 Å². The Morgan fingerprint density at radius 2 is 1.86 bits per heavy atom. The lowest BCUT2D eigenvalue weighted by Crippen LogP contribution is -2.09. The molecule has 1 heterocycles. The van der Waals surface area contributed by atoms with Crippen LogP contribution in [-0.2, 0) is 11.2 Å². The van der Waals surface area contributed by atoms with Gasteiger partial charge in [-0.05, 0) is 35.6 Å². The van der Waals surface area contributed by atoms with Gasteiger partial charge >= 0.3 is 5.97 Å². The molecule has 0 aliphatic carbocycles. The highest BCUT2D eigenvalue weighted by atomic mass is 16.7. The molecule has 0 radical (unpaired) electrons. The number of hydrogen-bond acceptors (Lipinski definition) is 3. The van der Waals surface area contributed by atoms with Crippen molar-refractivity contribution in [2.75, 3.05) is 6.79 Å². The number of carboxylic acids is 1. The smallest absolute Gasteiger partial charge is 0.303 e. The molecule has 1 atom stereocenters. The van der Waals surface area contributed by atoms with Crippen molar-refractivity contribution >= 4 is 5.97 Å². The van der Waals surface area contributed by atoms with Crippen LogP contribution in [0.25, 0.3) is 0 Å². The second-order valence-electron chi connectivity index (χ2n) is 5.10. The Hall–Kier alpha value is -2.49. The molecule has 0 bridgehead atoms. The molecule has 21 heavy (non-hydrogen) atoms. The quantitative estimate of drug-likeness (QED) is 0.916. The summed E-state index contributed by atoms with van der Waals surface area (Å²) < 4.78 is 10.7. The fourth-order valence-electron chi connectivity index (χ4n) is 2.58. The van der Waals surface area contributed by atoms with Crippen molar-refractivity contribution in [2.45, 2.75) is 18.8 Å². The monoisotopic (exact) mass is 284 g/mol. The average Bonchev–Trinajstić information content (AvgIpc) is 2.94. The fourth-order valence-corrected chi connectivity index (χ4v) is 2.58. The molecule has 0 spiro atoms. The van der Waals surface area contributed by atoms with Gasteiger partial charge in [-0.3, -0.25) is 4.79 Å². The lowest BCUT2D eigenvalue weighted by Gasteiger charge is -2.16. The van der Waals surface area contributed by atoms with Crippen molar-refractivity contribution in [1.82, 2.24) is 0 Å². The van der Waals surface area contributed by atoms with Gasteiger partial charge in [-0.15, -0.1) is 0 Å². The summed E-state index contributed by atoms with van der Waals surface area (Å²) in [7, 11) is 0. The lowest BCUT2D eigenvalue weighted by molar-refractivity contribution is -0.137. The minimum Gasteiger partial charge on any atom is -0.481 e. The second kappa shape index (κ2) is 5.87. The van der Waals surface area contributed by atoms with E-state index in [2.05, 4.69) is 0 Å². The molecule has 0 unspecified atom stereocenters. The second-order valence-corrected chi connectivity index (χ2v) is 5.10. The van der Waals surface area contributed by atoms with Crippen molar-refractivity contribution in [3.05, 3.63) is 59.7 Å². The number of rotatable bonds is 5. The fraction of sp³-hybridized carbons (Fsp3) is 0.235. The SMILES string of the molecule is O=C(O)C[C@@H](Cc1ccccc1)c1ccc2c(c1)OCO2. The van der Waals surface area contributed by atoms with Crippen LogP contribution < -0.4 is 9.47 Å². The summed E-state index contributed by atoms with van der Waals surface area (Å²) >= 11 is 0. The summed E-state index contributed by atoms with van der Waals surface area (Å²) in [5, 5.41) is 9.16. The maximum atomic E-state index is 11.2. The van der Waals surface area contributed by atoms with E-state index < -0.39 is 5.97 Å². The molecule has 0 amide bonds. The molecular formula is C17H16O4. The summed E-state index contributed by atoms with van der Waals surface area (Å²) in [5.74, 6) is 0.525. The van der Waals surface area contributed by atoms with Gasteiger partial charge in [0.1, 0.15) is 0 Å². The third-order valence-electron chi connectivity index (χ3n) is 3.61. The van der Waals surface area contributed by atoms with E-state index in [4.69, 9.17) is 14.6 Å². The number of benzene rings is 2. The first-order chi connectivity index (χ1) is 10.2. The third-order valence-corrected chi connectivity index (χ3v) is 3.61. The van der Waals surface area contributed by atoms with E-state index in [1.165, 1.54) is 0 Å². The molecule has 0 fully saturated rings. The zero-order valence-corrected chi connectivity index (χ0v) is 11.5. The number of ether oxygens (including phenoxy) is 2. The van der Waals surface area contributed by atoms with Crippen LogP contribution in [0, 0.1) is 0 Å². The molecule has 108 valence electrons. The summed E-state index contributed by atoms with van der Waals surface area (Å²) in [6.07, 6.45) is 0.779. The molecule has 4 heteroatoms. The molecule has 1 aliphatic rings. The highest BCUT2D eigenvalue weighted by Crippen LogP contribution is 2.36. The summed E-state index contributed by atoms with van der Waals surface area (Å²) in [6, 6.07) is 15.6. The Labute approximate surface area is 122 Å². The Morgan fingerprint density at radius 3 is 2.62 bits per heavy atom. The molecule has 2 aromatic carbocycles. The van der Waals surface area contributed by atoms with Gasteiger partial charge in [-0.25, -0.2) is 0 Å². The van der Waals surface area contributed by atoms with E-state index in [0.717, 1.165) is 11.1 Å². The van der Waals surface area contributed by atoms with E-state index in [1.54, 1.807) is 0 Å². The van der Waals surface area contributed by atoms with E-state index in [0.29, 0.717) is 17.9 Å². The van der Waals surface area contributed by atoms with Gasteiger partial charge in [0.15, 0.2) is 11.5 Å².